The normalized spacial score (nSPS) is 20.2. The van der Waals surface area contributed by atoms with E-state index in [4.69, 9.17) is 0 Å². The van der Waals surface area contributed by atoms with Crippen molar-refractivity contribution < 1.29 is 9.90 Å². The minimum absolute atomic E-state index is 0.0110. The van der Waals surface area contributed by atoms with Gasteiger partial charge in [-0.25, -0.2) is 0 Å². The molecule has 0 spiro atoms. The topological polar surface area (TPSA) is 53.4 Å². The molecule has 132 valence electrons. The Kier molecular flexibility index (Phi) is 5.82. The van der Waals surface area contributed by atoms with Crippen LogP contribution in [0.1, 0.15) is 42.6 Å². The molecule has 1 aliphatic rings. The standard InChI is InChI=1S/C21H26N2O2/c1-16-6-5-9-19(22-16)15-23(14-17-7-3-2-4-8-17)21(25)18-10-12-20(24)13-11-18/h2-9,18,20,24H,10-15H2,1H3. The molecule has 1 aliphatic carbocycles. The van der Waals surface area contributed by atoms with Gasteiger partial charge >= 0.3 is 0 Å². The largest absolute Gasteiger partial charge is 0.393 e. The van der Waals surface area contributed by atoms with Gasteiger partial charge in [0.1, 0.15) is 0 Å². The van der Waals surface area contributed by atoms with Gasteiger partial charge in [0.2, 0.25) is 5.91 Å². The van der Waals surface area contributed by atoms with Gasteiger partial charge in [-0.1, -0.05) is 36.4 Å². The molecule has 1 amide bonds. The van der Waals surface area contributed by atoms with Gasteiger partial charge in [-0.05, 0) is 50.3 Å². The maximum Gasteiger partial charge on any atom is 0.226 e. The molecule has 1 N–H and O–H groups in total. The van der Waals surface area contributed by atoms with E-state index in [0.717, 1.165) is 42.6 Å². The third-order valence-electron chi connectivity index (χ3n) is 4.87. The number of hydrogen-bond donors (Lipinski definition) is 1. The van der Waals surface area contributed by atoms with Crippen LogP contribution in [-0.4, -0.2) is 27.0 Å². The predicted molar refractivity (Wildman–Crippen MR) is 97.6 cm³/mol. The molecule has 1 aromatic heterocycles. The highest BCUT2D eigenvalue weighted by molar-refractivity contribution is 5.79. The van der Waals surface area contributed by atoms with E-state index in [2.05, 4.69) is 17.1 Å². The Balaban J connectivity index is 1.77. The number of carbonyl (C=O) groups excluding carboxylic acids is 1. The lowest BCUT2D eigenvalue weighted by Gasteiger charge is -2.31. The molecule has 0 saturated heterocycles. The molecule has 4 nitrogen and oxygen atoms in total. The molecule has 3 rings (SSSR count). The van der Waals surface area contributed by atoms with Crippen LogP contribution in [0.25, 0.3) is 0 Å². The molecule has 2 aromatic rings. The van der Waals surface area contributed by atoms with Gasteiger partial charge in [-0.2, -0.15) is 0 Å². The van der Waals surface area contributed by atoms with Crippen LogP contribution in [0.15, 0.2) is 48.5 Å². The number of aliphatic hydroxyl groups excluding tert-OH is 1. The summed E-state index contributed by atoms with van der Waals surface area (Å²) in [6.07, 6.45) is 2.74. The van der Waals surface area contributed by atoms with E-state index in [1.165, 1.54) is 0 Å². The lowest BCUT2D eigenvalue weighted by molar-refractivity contribution is -0.138. The van der Waals surface area contributed by atoms with Crippen LogP contribution in [0.3, 0.4) is 0 Å². The molecule has 0 radical (unpaired) electrons. The third kappa shape index (κ3) is 4.89. The second-order valence-electron chi connectivity index (χ2n) is 6.96. The maximum absolute atomic E-state index is 13.1. The second-order valence-corrected chi connectivity index (χ2v) is 6.96. The average molecular weight is 338 g/mol. The van der Waals surface area contributed by atoms with E-state index in [0.29, 0.717) is 13.1 Å². The van der Waals surface area contributed by atoms with Gasteiger partial charge in [-0.15, -0.1) is 0 Å². The summed E-state index contributed by atoms with van der Waals surface area (Å²) in [5.41, 5.74) is 3.00. The fourth-order valence-electron chi connectivity index (χ4n) is 3.48. The van der Waals surface area contributed by atoms with Crippen LogP contribution in [0.2, 0.25) is 0 Å². The number of carbonyl (C=O) groups is 1. The highest BCUT2D eigenvalue weighted by atomic mass is 16.3. The van der Waals surface area contributed by atoms with Gasteiger partial charge in [0.05, 0.1) is 18.3 Å². The molecular weight excluding hydrogens is 312 g/mol. The second kappa shape index (κ2) is 8.26. The van der Waals surface area contributed by atoms with Gasteiger partial charge in [0.15, 0.2) is 0 Å². The first-order valence-corrected chi connectivity index (χ1v) is 9.05. The summed E-state index contributed by atoms with van der Waals surface area (Å²) in [7, 11) is 0. The quantitative estimate of drug-likeness (QED) is 0.908. The number of rotatable bonds is 5. The number of nitrogens with zero attached hydrogens (tertiary/aromatic N) is 2. The molecule has 25 heavy (non-hydrogen) atoms. The van der Waals surface area contributed by atoms with Crippen LogP contribution in [0, 0.1) is 12.8 Å². The van der Waals surface area contributed by atoms with Crippen LogP contribution in [0.4, 0.5) is 0 Å². The molecule has 0 atom stereocenters. The molecule has 1 saturated carbocycles. The third-order valence-corrected chi connectivity index (χ3v) is 4.87. The van der Waals surface area contributed by atoms with Gasteiger partial charge < -0.3 is 10.0 Å². The Bertz CT molecular complexity index is 694. The van der Waals surface area contributed by atoms with E-state index < -0.39 is 0 Å². The first-order chi connectivity index (χ1) is 12.1. The van der Waals surface area contributed by atoms with Crippen molar-refractivity contribution >= 4 is 5.91 Å². The van der Waals surface area contributed by atoms with Crippen molar-refractivity contribution in [2.45, 2.75) is 51.8 Å². The lowest BCUT2D eigenvalue weighted by Crippen LogP contribution is -2.37. The van der Waals surface area contributed by atoms with Crippen LogP contribution >= 0.6 is 0 Å². The minimum Gasteiger partial charge on any atom is -0.393 e. The zero-order valence-corrected chi connectivity index (χ0v) is 14.8. The minimum atomic E-state index is -0.245. The van der Waals surface area contributed by atoms with Crippen molar-refractivity contribution in [3.63, 3.8) is 0 Å². The van der Waals surface area contributed by atoms with E-state index in [9.17, 15) is 9.90 Å². The lowest BCUT2D eigenvalue weighted by atomic mass is 9.86. The molecule has 0 bridgehead atoms. The smallest absolute Gasteiger partial charge is 0.226 e. The van der Waals surface area contributed by atoms with E-state index in [-0.39, 0.29) is 17.9 Å². The predicted octanol–water partition coefficient (Wildman–Crippen LogP) is 3.47. The highest BCUT2D eigenvalue weighted by Crippen LogP contribution is 2.27. The summed E-state index contributed by atoms with van der Waals surface area (Å²) in [4.78, 5) is 19.6. The highest BCUT2D eigenvalue weighted by Gasteiger charge is 2.29. The van der Waals surface area contributed by atoms with Crippen molar-refractivity contribution in [2.75, 3.05) is 0 Å². The van der Waals surface area contributed by atoms with Crippen LogP contribution in [-0.2, 0) is 17.9 Å². The summed E-state index contributed by atoms with van der Waals surface area (Å²) >= 11 is 0. The molecule has 1 heterocycles. The number of benzene rings is 1. The van der Waals surface area contributed by atoms with Crippen molar-refractivity contribution in [2.24, 2.45) is 5.92 Å². The van der Waals surface area contributed by atoms with Crippen molar-refractivity contribution in [1.82, 2.24) is 9.88 Å². The average Bonchev–Trinajstić information content (AvgIpc) is 2.62. The number of hydrogen-bond acceptors (Lipinski definition) is 3. The van der Waals surface area contributed by atoms with Crippen molar-refractivity contribution in [1.29, 1.82) is 0 Å². The van der Waals surface area contributed by atoms with Crippen molar-refractivity contribution in [3.05, 3.63) is 65.5 Å². The SMILES string of the molecule is Cc1cccc(CN(Cc2ccccc2)C(=O)C2CCC(O)CC2)n1. The summed E-state index contributed by atoms with van der Waals surface area (Å²) in [5, 5.41) is 9.71. The van der Waals surface area contributed by atoms with E-state index in [1.54, 1.807) is 0 Å². The first-order valence-electron chi connectivity index (χ1n) is 9.05. The zero-order valence-electron chi connectivity index (χ0n) is 14.8. The summed E-state index contributed by atoms with van der Waals surface area (Å²) in [6, 6.07) is 16.0. The summed E-state index contributed by atoms with van der Waals surface area (Å²) in [6.45, 7) is 3.08. The van der Waals surface area contributed by atoms with Gasteiger partial charge in [0, 0.05) is 18.2 Å². The molecule has 1 aromatic carbocycles. The Morgan fingerprint density at radius 1 is 1.04 bits per heavy atom. The van der Waals surface area contributed by atoms with Crippen molar-refractivity contribution in [3.8, 4) is 0 Å². The fourth-order valence-corrected chi connectivity index (χ4v) is 3.48. The zero-order chi connectivity index (χ0) is 17.6. The number of aromatic nitrogens is 1. The van der Waals surface area contributed by atoms with Crippen LogP contribution in [0.5, 0.6) is 0 Å². The Morgan fingerprint density at radius 2 is 1.76 bits per heavy atom. The number of aryl methyl sites for hydroxylation is 1. The fraction of sp³-hybridized carbons (Fsp3) is 0.429. The Hall–Kier alpha value is -2.20. The van der Waals surface area contributed by atoms with Gasteiger partial charge in [-0.3, -0.25) is 9.78 Å². The van der Waals surface area contributed by atoms with Gasteiger partial charge in [0.25, 0.3) is 0 Å². The Morgan fingerprint density at radius 3 is 2.44 bits per heavy atom. The number of pyridine rings is 1. The number of aliphatic hydroxyl groups is 1. The summed E-state index contributed by atoms with van der Waals surface area (Å²) < 4.78 is 0. The Labute approximate surface area is 149 Å². The number of amides is 1. The molecule has 1 fully saturated rings. The molecule has 4 heteroatoms. The summed E-state index contributed by atoms with van der Waals surface area (Å²) in [5.74, 6) is 0.191. The molecular formula is C21H26N2O2. The van der Waals surface area contributed by atoms with E-state index in [1.807, 2.05) is 48.2 Å². The van der Waals surface area contributed by atoms with E-state index >= 15 is 0 Å². The maximum atomic E-state index is 13.1. The van der Waals surface area contributed by atoms with Crippen LogP contribution < -0.4 is 0 Å². The first kappa shape index (κ1) is 17.6. The monoisotopic (exact) mass is 338 g/mol. The molecule has 0 unspecified atom stereocenters. The molecule has 0 aliphatic heterocycles.